The van der Waals surface area contributed by atoms with Crippen molar-refractivity contribution in [3.63, 3.8) is 0 Å². The van der Waals surface area contributed by atoms with Crippen molar-refractivity contribution < 1.29 is 9.90 Å². The van der Waals surface area contributed by atoms with Gasteiger partial charge in [0.15, 0.2) is 0 Å². The molecule has 3 nitrogen and oxygen atoms in total. The summed E-state index contributed by atoms with van der Waals surface area (Å²) in [5.74, 6) is -0.418. The predicted octanol–water partition coefficient (Wildman–Crippen LogP) is 3.54. The molecule has 18 heavy (non-hydrogen) atoms. The second-order valence-corrected chi connectivity index (χ2v) is 3.99. The van der Waals surface area contributed by atoms with Gasteiger partial charge in [0.25, 0.3) is 0 Å². The second-order valence-electron chi connectivity index (χ2n) is 3.99. The second kappa shape index (κ2) is 9.05. The van der Waals surface area contributed by atoms with Gasteiger partial charge in [0.1, 0.15) is 0 Å². The van der Waals surface area contributed by atoms with Gasteiger partial charge < -0.3 is 10.8 Å². The highest BCUT2D eigenvalue weighted by Crippen LogP contribution is 2.14. The van der Waals surface area contributed by atoms with E-state index in [1.54, 1.807) is 18.2 Å². The fourth-order valence-corrected chi connectivity index (χ4v) is 1.19. The van der Waals surface area contributed by atoms with E-state index < -0.39 is 5.97 Å². The van der Waals surface area contributed by atoms with Gasteiger partial charge in [0.05, 0.1) is 5.56 Å². The van der Waals surface area contributed by atoms with Crippen LogP contribution in [0.1, 0.15) is 42.6 Å². The topological polar surface area (TPSA) is 63.3 Å². The van der Waals surface area contributed by atoms with E-state index >= 15 is 0 Å². The lowest BCUT2D eigenvalue weighted by molar-refractivity contribution is 0.0697. The van der Waals surface area contributed by atoms with Crippen LogP contribution in [0.2, 0.25) is 0 Å². The molecule has 0 saturated carbocycles. The Hall–Kier alpha value is -2.03. The Bertz CT molecular complexity index is 393. The molecule has 3 heteroatoms. The molecule has 1 aromatic carbocycles. The minimum atomic E-state index is -0.870. The predicted molar refractivity (Wildman–Crippen MR) is 75.6 cm³/mol. The summed E-state index contributed by atoms with van der Waals surface area (Å²) in [6, 6.07) is 6.98. The summed E-state index contributed by atoms with van der Waals surface area (Å²) in [7, 11) is 0. The fourth-order valence-electron chi connectivity index (χ4n) is 1.19. The number of benzene rings is 1. The van der Waals surface area contributed by atoms with Crippen LogP contribution in [0.3, 0.4) is 0 Å². The molecule has 0 fully saturated rings. The lowest BCUT2D eigenvalue weighted by Crippen LogP contribution is -1.96. The third kappa shape index (κ3) is 6.53. The van der Waals surface area contributed by atoms with E-state index in [1.807, 2.05) is 31.2 Å². The Kier molecular flexibility index (Phi) is 8.03. The Morgan fingerprint density at radius 3 is 2.06 bits per heavy atom. The van der Waals surface area contributed by atoms with Crippen molar-refractivity contribution in [1.29, 1.82) is 0 Å². The number of allylic oxidation sites excluding steroid dienone is 3. The molecule has 0 bridgehead atoms. The van der Waals surface area contributed by atoms with Crippen molar-refractivity contribution >= 4 is 5.97 Å². The molecule has 0 aliphatic heterocycles. The standard InChI is InChI=1S/C10H12O2.C5H9N/c1-7(2)8-3-5-9(6-4-8)10(11)12;1-2-3-4-5-6/h3-7H,1-2H3,(H,11,12);2-5H,6H2,1H3/b;3-2-,5-4-. The lowest BCUT2D eigenvalue weighted by atomic mass is 10.0. The summed E-state index contributed by atoms with van der Waals surface area (Å²) in [6.07, 6.45) is 7.07. The van der Waals surface area contributed by atoms with Crippen molar-refractivity contribution in [3.05, 3.63) is 59.8 Å². The van der Waals surface area contributed by atoms with E-state index in [2.05, 4.69) is 13.8 Å². The molecule has 0 aliphatic rings. The van der Waals surface area contributed by atoms with Crippen LogP contribution in [0.4, 0.5) is 0 Å². The van der Waals surface area contributed by atoms with Gasteiger partial charge in [-0.25, -0.2) is 4.79 Å². The maximum absolute atomic E-state index is 10.5. The van der Waals surface area contributed by atoms with Gasteiger partial charge in [-0.15, -0.1) is 0 Å². The van der Waals surface area contributed by atoms with E-state index in [-0.39, 0.29) is 0 Å². The molecule has 98 valence electrons. The van der Waals surface area contributed by atoms with Crippen LogP contribution >= 0.6 is 0 Å². The van der Waals surface area contributed by atoms with Gasteiger partial charge in [-0.3, -0.25) is 0 Å². The van der Waals surface area contributed by atoms with Crippen LogP contribution < -0.4 is 5.73 Å². The minimum absolute atomic E-state index is 0.347. The highest BCUT2D eigenvalue weighted by atomic mass is 16.4. The lowest BCUT2D eigenvalue weighted by Gasteiger charge is -2.04. The van der Waals surface area contributed by atoms with Crippen LogP contribution in [-0.2, 0) is 0 Å². The number of hydrogen-bond acceptors (Lipinski definition) is 2. The first kappa shape index (κ1) is 16.0. The van der Waals surface area contributed by atoms with Crippen molar-refractivity contribution in [2.75, 3.05) is 0 Å². The highest BCUT2D eigenvalue weighted by Gasteiger charge is 2.02. The Balaban J connectivity index is 0.000000411. The van der Waals surface area contributed by atoms with E-state index in [0.717, 1.165) is 0 Å². The molecule has 1 rings (SSSR count). The van der Waals surface area contributed by atoms with Crippen LogP contribution in [0.25, 0.3) is 0 Å². The quantitative estimate of drug-likeness (QED) is 0.803. The molecule has 1 aromatic rings. The molecular formula is C15H21NO2. The molecule has 0 heterocycles. The molecule has 0 amide bonds. The van der Waals surface area contributed by atoms with E-state index in [0.29, 0.717) is 11.5 Å². The maximum Gasteiger partial charge on any atom is 0.335 e. The van der Waals surface area contributed by atoms with E-state index in [4.69, 9.17) is 10.8 Å². The zero-order valence-corrected chi connectivity index (χ0v) is 11.1. The van der Waals surface area contributed by atoms with Gasteiger partial charge >= 0.3 is 5.97 Å². The first-order chi connectivity index (χ1) is 8.52. The third-order valence-corrected chi connectivity index (χ3v) is 2.24. The van der Waals surface area contributed by atoms with Crippen molar-refractivity contribution in [1.82, 2.24) is 0 Å². The molecule has 0 aromatic heterocycles. The average Bonchev–Trinajstić information content (AvgIpc) is 2.37. The van der Waals surface area contributed by atoms with Gasteiger partial charge in [-0.05, 0) is 42.8 Å². The number of hydrogen-bond donors (Lipinski definition) is 2. The number of carboxylic acid groups (broad SMARTS) is 1. The minimum Gasteiger partial charge on any atom is -0.478 e. The van der Waals surface area contributed by atoms with Gasteiger partial charge in [-0.2, -0.15) is 0 Å². The summed E-state index contributed by atoms with van der Waals surface area (Å²) in [5, 5.41) is 8.61. The Morgan fingerprint density at radius 1 is 1.22 bits per heavy atom. The molecule has 3 N–H and O–H groups in total. The molecule has 0 aliphatic carbocycles. The monoisotopic (exact) mass is 247 g/mol. The first-order valence-electron chi connectivity index (χ1n) is 5.85. The van der Waals surface area contributed by atoms with Crippen molar-refractivity contribution in [3.8, 4) is 0 Å². The number of carbonyl (C=O) groups is 1. The summed E-state index contributed by atoms with van der Waals surface area (Å²) < 4.78 is 0. The summed E-state index contributed by atoms with van der Waals surface area (Å²) >= 11 is 0. The summed E-state index contributed by atoms with van der Waals surface area (Å²) in [4.78, 5) is 10.5. The summed E-state index contributed by atoms with van der Waals surface area (Å²) in [6.45, 7) is 6.10. The zero-order chi connectivity index (χ0) is 14.0. The summed E-state index contributed by atoms with van der Waals surface area (Å²) in [5.41, 5.74) is 6.50. The molecular weight excluding hydrogens is 226 g/mol. The largest absolute Gasteiger partial charge is 0.478 e. The fraction of sp³-hybridized carbons (Fsp3) is 0.267. The SMILES string of the molecule is C/C=C\C=C/N.CC(C)c1ccc(C(=O)O)cc1. The molecule has 0 spiro atoms. The normalized spacial score (nSPS) is 10.7. The number of nitrogens with two attached hydrogens (primary N) is 1. The molecule has 0 radical (unpaired) electrons. The number of carboxylic acids is 1. The number of rotatable bonds is 3. The van der Waals surface area contributed by atoms with Crippen LogP contribution in [-0.4, -0.2) is 11.1 Å². The highest BCUT2D eigenvalue weighted by molar-refractivity contribution is 5.87. The van der Waals surface area contributed by atoms with Crippen molar-refractivity contribution in [2.24, 2.45) is 5.73 Å². The maximum atomic E-state index is 10.5. The molecule has 0 unspecified atom stereocenters. The van der Waals surface area contributed by atoms with Gasteiger partial charge in [-0.1, -0.05) is 38.1 Å². The van der Waals surface area contributed by atoms with Crippen LogP contribution in [0.5, 0.6) is 0 Å². The average molecular weight is 247 g/mol. The molecule has 0 atom stereocenters. The van der Waals surface area contributed by atoms with Gasteiger partial charge in [0.2, 0.25) is 0 Å². The number of aromatic carboxylic acids is 1. The van der Waals surface area contributed by atoms with E-state index in [1.165, 1.54) is 11.8 Å². The van der Waals surface area contributed by atoms with Crippen LogP contribution in [0.15, 0.2) is 48.7 Å². The smallest absolute Gasteiger partial charge is 0.335 e. The van der Waals surface area contributed by atoms with E-state index in [9.17, 15) is 4.79 Å². The van der Waals surface area contributed by atoms with Crippen molar-refractivity contribution in [2.45, 2.75) is 26.7 Å². The van der Waals surface area contributed by atoms with Crippen LogP contribution in [0, 0.1) is 0 Å². The first-order valence-corrected chi connectivity index (χ1v) is 5.85. The molecule has 0 saturated heterocycles. The van der Waals surface area contributed by atoms with Gasteiger partial charge in [0, 0.05) is 0 Å². The third-order valence-electron chi connectivity index (χ3n) is 2.24. The Morgan fingerprint density at radius 2 is 1.78 bits per heavy atom. The zero-order valence-electron chi connectivity index (χ0n) is 11.1. The Labute approximate surface area is 109 Å².